The van der Waals surface area contributed by atoms with Crippen LogP contribution in [0.25, 0.3) is 0 Å². The lowest BCUT2D eigenvalue weighted by Crippen LogP contribution is -2.01. The maximum atomic E-state index is 10.4. The maximum Gasteiger partial charge on any atom is 0.265 e. The summed E-state index contributed by atoms with van der Waals surface area (Å²) in [6, 6.07) is 0. The van der Waals surface area contributed by atoms with Gasteiger partial charge in [-0.25, -0.2) is 8.42 Å². The third-order valence-corrected chi connectivity index (χ3v) is 2.48. The molecule has 0 bridgehead atoms. The van der Waals surface area contributed by atoms with Crippen LogP contribution in [0.2, 0.25) is 0 Å². The minimum atomic E-state index is -3.96. The van der Waals surface area contributed by atoms with Gasteiger partial charge in [0.05, 0.1) is 0 Å². The van der Waals surface area contributed by atoms with Crippen molar-refractivity contribution in [1.82, 2.24) is 0 Å². The van der Waals surface area contributed by atoms with E-state index in [0.29, 0.717) is 0 Å². The van der Waals surface area contributed by atoms with Crippen LogP contribution >= 0.6 is 22.3 Å². The van der Waals surface area contributed by atoms with Crippen molar-refractivity contribution in [2.24, 2.45) is 0 Å². The summed E-state index contributed by atoms with van der Waals surface area (Å²) in [5.41, 5.74) is 0. The first-order valence-electron chi connectivity index (χ1n) is 2.20. The minimum absolute atomic E-state index is 0.587. The summed E-state index contributed by atoms with van der Waals surface area (Å²) in [6.45, 7) is 1.36. The molecule has 0 aromatic heterocycles. The number of halogens is 2. The van der Waals surface area contributed by atoms with Crippen molar-refractivity contribution in [2.45, 2.75) is 6.92 Å². The Morgan fingerprint density at radius 1 is 1.50 bits per heavy atom. The van der Waals surface area contributed by atoms with Crippen LogP contribution in [0.3, 0.4) is 0 Å². The Morgan fingerprint density at radius 2 is 1.90 bits per heavy atom. The molecule has 0 radical (unpaired) electrons. The fourth-order valence-corrected chi connectivity index (χ4v) is 1.83. The van der Waals surface area contributed by atoms with Gasteiger partial charge in [0.1, 0.15) is 4.91 Å². The van der Waals surface area contributed by atoms with E-state index < -0.39 is 19.2 Å². The molecule has 0 aliphatic heterocycles. The van der Waals surface area contributed by atoms with Crippen molar-refractivity contribution in [2.75, 3.05) is 0 Å². The van der Waals surface area contributed by atoms with Crippen molar-refractivity contribution in [3.05, 3.63) is 11.0 Å². The molecule has 0 amide bonds. The second-order valence-corrected chi connectivity index (χ2v) is 4.24. The molecule has 0 aliphatic rings. The first kappa shape index (κ1) is 9.94. The average Bonchev–Trinajstić information content (AvgIpc) is 1.60. The number of hydrogen-bond donors (Lipinski definition) is 0. The SMILES string of the molecule is C/C=C(/C(=O)Cl)S(=O)(=O)Cl. The predicted molar refractivity (Wildman–Crippen MR) is 39.4 cm³/mol. The number of carbonyl (C=O) groups is 1. The van der Waals surface area contributed by atoms with Crippen molar-refractivity contribution >= 4 is 36.6 Å². The van der Waals surface area contributed by atoms with E-state index >= 15 is 0 Å². The van der Waals surface area contributed by atoms with E-state index in [1.807, 2.05) is 0 Å². The van der Waals surface area contributed by atoms with Crippen LogP contribution in [0.15, 0.2) is 11.0 Å². The molecule has 0 N–H and O–H groups in total. The van der Waals surface area contributed by atoms with Gasteiger partial charge < -0.3 is 0 Å². The van der Waals surface area contributed by atoms with Gasteiger partial charge in [0.15, 0.2) is 0 Å². The van der Waals surface area contributed by atoms with E-state index in [1.54, 1.807) is 0 Å². The van der Waals surface area contributed by atoms with Gasteiger partial charge >= 0.3 is 0 Å². The fraction of sp³-hybridized carbons (Fsp3) is 0.250. The smallest absolute Gasteiger partial charge is 0.265 e. The lowest BCUT2D eigenvalue weighted by Gasteiger charge is -1.91. The topological polar surface area (TPSA) is 51.2 Å². The highest BCUT2D eigenvalue weighted by Crippen LogP contribution is 2.14. The molecule has 0 aromatic rings. The van der Waals surface area contributed by atoms with E-state index in [0.717, 1.165) is 6.08 Å². The van der Waals surface area contributed by atoms with Crippen molar-refractivity contribution in [3.63, 3.8) is 0 Å². The predicted octanol–water partition coefficient (Wildman–Crippen LogP) is 1.22. The first-order chi connectivity index (χ1) is 4.39. The third-order valence-electron chi connectivity index (χ3n) is 0.719. The van der Waals surface area contributed by atoms with Crippen LogP contribution < -0.4 is 0 Å². The molecule has 6 heteroatoms. The molecule has 0 unspecified atom stereocenters. The minimum Gasteiger partial charge on any atom is -0.275 e. The summed E-state index contributed by atoms with van der Waals surface area (Å²) in [5, 5.41) is -1.07. The van der Waals surface area contributed by atoms with Crippen LogP contribution in [-0.4, -0.2) is 13.7 Å². The molecular formula is C4H4Cl2O3S. The first-order valence-corrected chi connectivity index (χ1v) is 4.89. The van der Waals surface area contributed by atoms with Crippen molar-refractivity contribution in [3.8, 4) is 0 Å². The molecule has 0 heterocycles. The fourth-order valence-electron chi connectivity index (χ4n) is 0.350. The highest BCUT2D eigenvalue weighted by atomic mass is 35.7. The Balaban J connectivity index is 4.95. The molecule has 0 aromatic carbocycles. The van der Waals surface area contributed by atoms with Gasteiger partial charge in [0.2, 0.25) is 0 Å². The monoisotopic (exact) mass is 202 g/mol. The highest BCUT2D eigenvalue weighted by molar-refractivity contribution is 8.17. The third kappa shape index (κ3) is 2.68. The number of allylic oxidation sites excluding steroid dienone is 2. The van der Waals surface area contributed by atoms with E-state index in [-0.39, 0.29) is 0 Å². The lowest BCUT2D eigenvalue weighted by atomic mass is 10.6. The van der Waals surface area contributed by atoms with E-state index in [1.165, 1.54) is 6.92 Å². The van der Waals surface area contributed by atoms with Crippen molar-refractivity contribution < 1.29 is 13.2 Å². The summed E-state index contributed by atoms with van der Waals surface area (Å²) < 4.78 is 20.8. The summed E-state index contributed by atoms with van der Waals surface area (Å²) >= 11 is 4.86. The van der Waals surface area contributed by atoms with Gasteiger partial charge in [-0.05, 0) is 18.5 Å². The largest absolute Gasteiger partial charge is 0.275 e. The molecule has 0 fully saturated rings. The second kappa shape index (κ2) is 3.37. The molecule has 58 valence electrons. The number of hydrogen-bond acceptors (Lipinski definition) is 3. The molecule has 0 aliphatic carbocycles. The molecule has 0 atom stereocenters. The molecular weight excluding hydrogens is 199 g/mol. The zero-order chi connectivity index (χ0) is 8.36. The zero-order valence-corrected chi connectivity index (χ0v) is 7.29. The van der Waals surface area contributed by atoms with E-state index in [9.17, 15) is 13.2 Å². The second-order valence-electron chi connectivity index (χ2n) is 1.36. The highest BCUT2D eigenvalue weighted by Gasteiger charge is 2.18. The summed E-state index contributed by atoms with van der Waals surface area (Å²) in [7, 11) is 0.831. The van der Waals surface area contributed by atoms with Gasteiger partial charge in [-0.3, -0.25) is 4.79 Å². The summed E-state index contributed by atoms with van der Waals surface area (Å²) in [4.78, 5) is 9.67. The summed E-state index contributed by atoms with van der Waals surface area (Å²) in [5.74, 6) is 0. The Hall–Kier alpha value is -0.0600. The Kier molecular flexibility index (Phi) is 3.35. The molecule has 0 spiro atoms. The van der Waals surface area contributed by atoms with Crippen LogP contribution in [0.1, 0.15) is 6.92 Å². The Bertz CT molecular complexity index is 264. The maximum absolute atomic E-state index is 10.4. The number of carbonyl (C=O) groups excluding carboxylic acids is 1. The standard InChI is InChI=1S/C4H4Cl2O3S/c1-2-3(4(5)7)10(6,8)9/h2H,1H3/b3-2-. The van der Waals surface area contributed by atoms with Crippen LogP contribution in [0.5, 0.6) is 0 Å². The quantitative estimate of drug-likeness (QED) is 0.500. The normalized spacial score (nSPS) is 13.3. The molecule has 10 heavy (non-hydrogen) atoms. The van der Waals surface area contributed by atoms with E-state index in [2.05, 4.69) is 0 Å². The van der Waals surface area contributed by atoms with Crippen LogP contribution in [0.4, 0.5) is 0 Å². The van der Waals surface area contributed by atoms with Crippen molar-refractivity contribution in [1.29, 1.82) is 0 Å². The zero-order valence-electron chi connectivity index (χ0n) is 4.97. The van der Waals surface area contributed by atoms with Gasteiger partial charge in [0.25, 0.3) is 14.3 Å². The lowest BCUT2D eigenvalue weighted by molar-refractivity contribution is -0.108. The van der Waals surface area contributed by atoms with Gasteiger partial charge in [-0.2, -0.15) is 0 Å². The van der Waals surface area contributed by atoms with Gasteiger partial charge in [0, 0.05) is 10.7 Å². The van der Waals surface area contributed by atoms with Gasteiger partial charge in [-0.15, -0.1) is 0 Å². The Labute approximate surface area is 68.0 Å². The molecule has 0 saturated heterocycles. The molecule has 3 nitrogen and oxygen atoms in total. The van der Waals surface area contributed by atoms with Crippen LogP contribution in [0, 0.1) is 0 Å². The summed E-state index contributed by atoms with van der Waals surface area (Å²) in [6.07, 6.45) is 1.04. The molecule has 0 saturated carbocycles. The van der Waals surface area contributed by atoms with Gasteiger partial charge in [-0.1, -0.05) is 6.08 Å². The molecule has 0 rings (SSSR count). The number of rotatable bonds is 2. The Morgan fingerprint density at radius 3 is 1.90 bits per heavy atom. The average molecular weight is 203 g/mol. The van der Waals surface area contributed by atoms with E-state index in [4.69, 9.17) is 22.3 Å². The van der Waals surface area contributed by atoms with Crippen LogP contribution in [-0.2, 0) is 13.8 Å².